The average Bonchev–Trinajstić information content (AvgIpc) is 2.45. The highest BCUT2D eigenvalue weighted by molar-refractivity contribution is 7.19. The predicted octanol–water partition coefficient (Wildman–Crippen LogP) is 3.83. The van der Waals surface area contributed by atoms with Crippen LogP contribution in [0.1, 0.15) is 17.4 Å². The standard InChI is InChI=1S/C12H13NS/c1-3-5-9-8(2)14-11-7-4-6-10(13)12(9)11/h3-7H,13H2,1-2H3/b5-3-. The van der Waals surface area contributed by atoms with Gasteiger partial charge in [-0.05, 0) is 31.5 Å². The first-order chi connectivity index (χ1) is 6.74. The van der Waals surface area contributed by atoms with E-state index in [-0.39, 0.29) is 0 Å². The first-order valence-electron chi connectivity index (χ1n) is 4.64. The maximum absolute atomic E-state index is 5.97. The van der Waals surface area contributed by atoms with Crippen LogP contribution in [0.4, 0.5) is 5.69 Å². The summed E-state index contributed by atoms with van der Waals surface area (Å²) in [5, 5.41) is 1.20. The van der Waals surface area contributed by atoms with Crippen LogP contribution in [0.5, 0.6) is 0 Å². The molecule has 2 rings (SSSR count). The molecule has 0 saturated heterocycles. The molecular formula is C12H13NS. The highest BCUT2D eigenvalue weighted by Gasteiger charge is 2.08. The molecule has 2 aromatic rings. The van der Waals surface area contributed by atoms with Crippen LogP contribution in [-0.4, -0.2) is 0 Å². The minimum absolute atomic E-state index is 0.875. The van der Waals surface area contributed by atoms with Gasteiger partial charge < -0.3 is 5.73 Å². The number of allylic oxidation sites excluding steroid dienone is 1. The number of aryl methyl sites for hydroxylation is 1. The molecule has 1 aromatic carbocycles. The molecule has 2 N–H and O–H groups in total. The number of anilines is 1. The number of benzene rings is 1. The quantitative estimate of drug-likeness (QED) is 0.700. The summed E-state index contributed by atoms with van der Waals surface area (Å²) in [6.45, 7) is 4.17. The van der Waals surface area contributed by atoms with E-state index in [1.54, 1.807) is 11.3 Å². The predicted molar refractivity (Wildman–Crippen MR) is 65.7 cm³/mol. The van der Waals surface area contributed by atoms with Gasteiger partial charge in [-0.25, -0.2) is 0 Å². The Hall–Kier alpha value is -1.28. The molecule has 0 bridgehead atoms. The average molecular weight is 203 g/mol. The van der Waals surface area contributed by atoms with Crippen molar-refractivity contribution in [1.29, 1.82) is 0 Å². The lowest BCUT2D eigenvalue weighted by Gasteiger charge is -1.97. The Kier molecular flexibility index (Phi) is 2.30. The van der Waals surface area contributed by atoms with E-state index in [4.69, 9.17) is 5.73 Å². The van der Waals surface area contributed by atoms with E-state index >= 15 is 0 Å². The minimum atomic E-state index is 0.875. The van der Waals surface area contributed by atoms with Gasteiger partial charge in [-0.1, -0.05) is 18.2 Å². The molecule has 0 aliphatic rings. The molecule has 2 heteroatoms. The third-order valence-corrected chi connectivity index (χ3v) is 3.39. The lowest BCUT2D eigenvalue weighted by Crippen LogP contribution is -1.85. The Bertz CT molecular complexity index is 494. The molecule has 1 heterocycles. The van der Waals surface area contributed by atoms with Gasteiger partial charge in [0.2, 0.25) is 0 Å². The van der Waals surface area contributed by atoms with Crippen molar-refractivity contribution in [2.45, 2.75) is 13.8 Å². The van der Waals surface area contributed by atoms with E-state index in [0.717, 1.165) is 5.69 Å². The molecule has 1 nitrogen and oxygen atoms in total. The van der Waals surface area contributed by atoms with E-state index in [9.17, 15) is 0 Å². The summed E-state index contributed by atoms with van der Waals surface area (Å²) in [7, 11) is 0. The summed E-state index contributed by atoms with van der Waals surface area (Å²) in [6.07, 6.45) is 4.19. The van der Waals surface area contributed by atoms with Gasteiger partial charge in [-0.2, -0.15) is 0 Å². The smallest absolute Gasteiger partial charge is 0.0408 e. The van der Waals surface area contributed by atoms with E-state index in [1.165, 1.54) is 20.5 Å². The molecule has 0 radical (unpaired) electrons. The number of rotatable bonds is 1. The van der Waals surface area contributed by atoms with Crippen LogP contribution in [-0.2, 0) is 0 Å². The monoisotopic (exact) mass is 203 g/mol. The van der Waals surface area contributed by atoms with Crippen LogP contribution >= 0.6 is 11.3 Å². The number of hydrogen-bond donors (Lipinski definition) is 1. The number of fused-ring (bicyclic) bond motifs is 1. The van der Waals surface area contributed by atoms with Crippen LogP contribution in [0.3, 0.4) is 0 Å². The second-order valence-electron chi connectivity index (χ2n) is 3.29. The maximum Gasteiger partial charge on any atom is 0.0408 e. The molecule has 72 valence electrons. The summed E-state index contributed by atoms with van der Waals surface area (Å²) < 4.78 is 1.27. The van der Waals surface area contributed by atoms with Crippen LogP contribution in [0, 0.1) is 6.92 Å². The number of hydrogen-bond acceptors (Lipinski definition) is 2. The lowest BCUT2D eigenvalue weighted by atomic mass is 10.1. The van der Waals surface area contributed by atoms with Crippen molar-refractivity contribution in [3.8, 4) is 0 Å². The Morgan fingerprint density at radius 1 is 1.36 bits per heavy atom. The molecular weight excluding hydrogens is 190 g/mol. The highest BCUT2D eigenvalue weighted by atomic mass is 32.1. The molecule has 0 aliphatic heterocycles. The van der Waals surface area contributed by atoms with Gasteiger partial charge in [-0.15, -0.1) is 11.3 Å². The molecule has 0 atom stereocenters. The fourth-order valence-corrected chi connectivity index (χ4v) is 2.77. The molecule has 0 amide bonds. The highest BCUT2D eigenvalue weighted by Crippen LogP contribution is 2.35. The molecule has 0 fully saturated rings. The van der Waals surface area contributed by atoms with E-state index < -0.39 is 0 Å². The van der Waals surface area contributed by atoms with Crippen molar-refractivity contribution >= 4 is 33.2 Å². The molecule has 0 spiro atoms. The van der Waals surface area contributed by atoms with Crippen molar-refractivity contribution in [2.75, 3.05) is 5.73 Å². The van der Waals surface area contributed by atoms with Gasteiger partial charge in [0.1, 0.15) is 0 Å². The largest absolute Gasteiger partial charge is 0.398 e. The molecule has 14 heavy (non-hydrogen) atoms. The van der Waals surface area contributed by atoms with Gasteiger partial charge in [-0.3, -0.25) is 0 Å². The fourth-order valence-electron chi connectivity index (χ4n) is 1.68. The third-order valence-electron chi connectivity index (χ3n) is 2.30. The maximum atomic E-state index is 5.97. The van der Waals surface area contributed by atoms with Crippen molar-refractivity contribution in [3.05, 3.63) is 34.7 Å². The zero-order valence-corrected chi connectivity index (χ0v) is 9.19. The van der Waals surface area contributed by atoms with Gasteiger partial charge in [0.05, 0.1) is 0 Å². The summed E-state index contributed by atoms with van der Waals surface area (Å²) in [5.41, 5.74) is 8.12. The SMILES string of the molecule is C/C=C\c1c(C)sc2cccc(N)c12. The minimum Gasteiger partial charge on any atom is -0.398 e. The number of nitrogens with two attached hydrogens (primary N) is 1. The van der Waals surface area contributed by atoms with Crippen LogP contribution < -0.4 is 5.73 Å². The summed E-state index contributed by atoms with van der Waals surface area (Å²) in [4.78, 5) is 1.33. The van der Waals surface area contributed by atoms with Crippen molar-refractivity contribution in [1.82, 2.24) is 0 Å². The van der Waals surface area contributed by atoms with E-state index in [1.807, 2.05) is 19.1 Å². The Morgan fingerprint density at radius 3 is 2.86 bits per heavy atom. The Labute approximate surface area is 87.9 Å². The lowest BCUT2D eigenvalue weighted by molar-refractivity contribution is 1.61. The Balaban J connectivity index is 2.86. The third kappa shape index (κ3) is 1.32. The number of nitrogen functional groups attached to an aromatic ring is 1. The second kappa shape index (κ2) is 3.46. The zero-order valence-electron chi connectivity index (χ0n) is 8.37. The van der Waals surface area contributed by atoms with Crippen molar-refractivity contribution in [2.24, 2.45) is 0 Å². The van der Waals surface area contributed by atoms with Crippen LogP contribution in [0.25, 0.3) is 16.2 Å². The summed E-state index contributed by atoms with van der Waals surface area (Å²) >= 11 is 1.80. The van der Waals surface area contributed by atoms with E-state index in [2.05, 4.69) is 25.1 Å². The molecule has 0 unspecified atom stereocenters. The van der Waals surface area contributed by atoms with Crippen molar-refractivity contribution in [3.63, 3.8) is 0 Å². The summed E-state index contributed by atoms with van der Waals surface area (Å²) in [6, 6.07) is 6.09. The Morgan fingerprint density at radius 2 is 2.14 bits per heavy atom. The second-order valence-corrected chi connectivity index (χ2v) is 4.55. The van der Waals surface area contributed by atoms with E-state index in [0.29, 0.717) is 0 Å². The molecule has 0 saturated carbocycles. The van der Waals surface area contributed by atoms with Crippen LogP contribution in [0.15, 0.2) is 24.3 Å². The molecule has 1 aromatic heterocycles. The normalized spacial score (nSPS) is 11.6. The summed E-state index contributed by atoms with van der Waals surface area (Å²) in [5.74, 6) is 0. The first kappa shape index (κ1) is 9.28. The first-order valence-corrected chi connectivity index (χ1v) is 5.46. The molecule has 0 aliphatic carbocycles. The van der Waals surface area contributed by atoms with Gasteiger partial charge in [0.15, 0.2) is 0 Å². The number of thiophene rings is 1. The van der Waals surface area contributed by atoms with Gasteiger partial charge in [0.25, 0.3) is 0 Å². The zero-order chi connectivity index (χ0) is 10.1. The van der Waals surface area contributed by atoms with Crippen molar-refractivity contribution < 1.29 is 0 Å². The van der Waals surface area contributed by atoms with Gasteiger partial charge in [0, 0.05) is 20.7 Å². The topological polar surface area (TPSA) is 26.0 Å². The van der Waals surface area contributed by atoms with Crippen LogP contribution in [0.2, 0.25) is 0 Å². The van der Waals surface area contributed by atoms with Gasteiger partial charge >= 0.3 is 0 Å². The fraction of sp³-hybridized carbons (Fsp3) is 0.167.